The summed E-state index contributed by atoms with van der Waals surface area (Å²) < 4.78 is 1.70. The van der Waals surface area contributed by atoms with E-state index in [0.717, 1.165) is 42.5 Å². The molecule has 0 bridgehead atoms. The van der Waals surface area contributed by atoms with Crippen molar-refractivity contribution in [3.63, 3.8) is 0 Å². The molecule has 1 fully saturated rings. The summed E-state index contributed by atoms with van der Waals surface area (Å²) >= 11 is 0. The van der Waals surface area contributed by atoms with Crippen LogP contribution in [0.3, 0.4) is 0 Å². The van der Waals surface area contributed by atoms with Gasteiger partial charge in [0.25, 0.3) is 5.91 Å². The van der Waals surface area contributed by atoms with Crippen LogP contribution in [0, 0.1) is 11.8 Å². The van der Waals surface area contributed by atoms with Gasteiger partial charge in [-0.3, -0.25) is 19.3 Å². The standard InChI is InChI=1S/C22H25N7O2/c1-29-11-13(9-25-29)20-16-10-24-28-21(30)15-7-14(8-17(27-20)18(15)16)26-22(31)19(23)12-5-3-2-4-6-12/h7-12,18-19H,2-6,23H2,1H3,(H,26,31)(H,28,30)/t18-,19+/m0/s1. The fourth-order valence-electron chi connectivity index (χ4n) is 4.79. The molecular formula is C22H25N7O2. The fraction of sp³-hybridized carbons (Fsp3) is 0.409. The van der Waals surface area contributed by atoms with E-state index in [9.17, 15) is 9.59 Å². The van der Waals surface area contributed by atoms with E-state index >= 15 is 0 Å². The summed E-state index contributed by atoms with van der Waals surface area (Å²) in [7, 11) is 1.84. The lowest BCUT2D eigenvalue weighted by Crippen LogP contribution is -2.46. The predicted octanol–water partition coefficient (Wildman–Crippen LogP) is 1.17. The Labute approximate surface area is 179 Å². The van der Waals surface area contributed by atoms with E-state index in [1.807, 2.05) is 19.3 Å². The number of nitrogens with two attached hydrogens (primary N) is 1. The van der Waals surface area contributed by atoms with Crippen molar-refractivity contribution in [1.82, 2.24) is 20.5 Å². The van der Waals surface area contributed by atoms with Gasteiger partial charge in [-0.1, -0.05) is 19.3 Å². The number of hydrazone groups is 1. The van der Waals surface area contributed by atoms with E-state index in [1.54, 1.807) is 23.2 Å². The molecule has 2 atom stereocenters. The normalized spacial score (nSPS) is 24.0. The molecule has 4 N–H and O–H groups in total. The highest BCUT2D eigenvalue weighted by Gasteiger charge is 2.39. The third kappa shape index (κ3) is 3.54. The lowest BCUT2D eigenvalue weighted by molar-refractivity contribution is -0.123. The SMILES string of the molecule is Cn1cc(C2=C3C=NNC(=O)C4=CC(NC(=O)[C@H](N)C5CCCCC5)=CC(=N2)[C@@H]43)cn1. The number of rotatable bonds is 4. The van der Waals surface area contributed by atoms with Crippen molar-refractivity contribution in [2.24, 2.45) is 34.7 Å². The van der Waals surface area contributed by atoms with Crippen molar-refractivity contribution in [1.29, 1.82) is 0 Å². The molecule has 3 heterocycles. The first-order valence-electron chi connectivity index (χ1n) is 10.7. The smallest absolute Gasteiger partial charge is 0.268 e. The van der Waals surface area contributed by atoms with E-state index in [1.165, 1.54) is 6.42 Å². The third-order valence-electron chi connectivity index (χ3n) is 6.38. The second kappa shape index (κ2) is 7.73. The van der Waals surface area contributed by atoms with Crippen LogP contribution in [-0.2, 0) is 16.6 Å². The van der Waals surface area contributed by atoms with Gasteiger partial charge in [0, 0.05) is 35.7 Å². The Morgan fingerprint density at radius 3 is 2.84 bits per heavy atom. The molecule has 0 unspecified atom stereocenters. The molecular weight excluding hydrogens is 394 g/mol. The van der Waals surface area contributed by atoms with Crippen molar-refractivity contribution >= 4 is 29.4 Å². The average Bonchev–Trinajstić information content (AvgIpc) is 3.31. The molecule has 1 saturated carbocycles. The first kappa shape index (κ1) is 19.6. The Hall–Kier alpha value is -3.33. The Morgan fingerprint density at radius 2 is 2.10 bits per heavy atom. The number of hydrogen-bond acceptors (Lipinski definition) is 6. The van der Waals surface area contributed by atoms with E-state index in [2.05, 4.69) is 20.9 Å². The Kier molecular flexibility index (Phi) is 4.90. The minimum Gasteiger partial charge on any atom is -0.325 e. The van der Waals surface area contributed by atoms with Gasteiger partial charge in [-0.05, 0) is 30.9 Å². The van der Waals surface area contributed by atoms with Gasteiger partial charge in [0.15, 0.2) is 0 Å². The number of allylic oxidation sites excluding steroid dienone is 3. The van der Waals surface area contributed by atoms with Crippen LogP contribution < -0.4 is 16.5 Å². The zero-order valence-corrected chi connectivity index (χ0v) is 17.3. The molecule has 9 nitrogen and oxygen atoms in total. The quantitative estimate of drug-likeness (QED) is 0.677. The molecule has 1 aromatic heterocycles. The van der Waals surface area contributed by atoms with Crippen LogP contribution in [0.4, 0.5) is 0 Å². The summed E-state index contributed by atoms with van der Waals surface area (Å²) in [6, 6.07) is -0.561. The second-order valence-corrected chi connectivity index (χ2v) is 8.49. The molecule has 0 aromatic carbocycles. The number of aryl methyl sites for hydroxylation is 1. The maximum Gasteiger partial charge on any atom is 0.268 e. The average molecular weight is 419 g/mol. The van der Waals surface area contributed by atoms with Crippen molar-refractivity contribution in [2.75, 3.05) is 0 Å². The van der Waals surface area contributed by atoms with E-state index < -0.39 is 6.04 Å². The number of carbonyl (C=O) groups is 2. The number of carbonyl (C=O) groups excluding carboxylic acids is 2. The summed E-state index contributed by atoms with van der Waals surface area (Å²) in [6.07, 6.45) is 14.1. The molecule has 9 heteroatoms. The van der Waals surface area contributed by atoms with Crippen LogP contribution in [0.1, 0.15) is 37.7 Å². The fourth-order valence-corrected chi connectivity index (χ4v) is 4.79. The highest BCUT2D eigenvalue weighted by Crippen LogP contribution is 2.39. The van der Waals surface area contributed by atoms with Gasteiger partial charge in [0.1, 0.15) is 0 Å². The molecule has 5 rings (SSSR count). The van der Waals surface area contributed by atoms with Gasteiger partial charge in [0.2, 0.25) is 5.91 Å². The van der Waals surface area contributed by atoms with Crippen LogP contribution in [0.25, 0.3) is 5.70 Å². The summed E-state index contributed by atoms with van der Waals surface area (Å²) in [5.41, 5.74) is 12.9. The molecule has 2 amide bonds. The van der Waals surface area contributed by atoms with Gasteiger partial charge >= 0.3 is 0 Å². The molecule has 31 heavy (non-hydrogen) atoms. The summed E-state index contributed by atoms with van der Waals surface area (Å²) in [4.78, 5) is 30.3. The van der Waals surface area contributed by atoms with Gasteiger partial charge < -0.3 is 11.1 Å². The van der Waals surface area contributed by atoms with Crippen molar-refractivity contribution < 1.29 is 9.59 Å². The molecule has 2 aliphatic heterocycles. The number of aromatic nitrogens is 2. The highest BCUT2D eigenvalue weighted by molar-refractivity contribution is 6.20. The monoisotopic (exact) mass is 419 g/mol. The Morgan fingerprint density at radius 1 is 1.29 bits per heavy atom. The molecule has 160 valence electrons. The summed E-state index contributed by atoms with van der Waals surface area (Å²) in [5, 5.41) is 11.2. The zero-order valence-electron chi connectivity index (χ0n) is 17.3. The number of nitrogens with one attached hydrogen (secondary N) is 2. The number of nitrogens with zero attached hydrogens (tertiary/aromatic N) is 4. The van der Waals surface area contributed by atoms with Crippen LogP contribution in [0.5, 0.6) is 0 Å². The van der Waals surface area contributed by atoms with E-state index in [4.69, 9.17) is 10.7 Å². The first-order chi connectivity index (χ1) is 15.0. The maximum absolute atomic E-state index is 12.8. The first-order valence-corrected chi connectivity index (χ1v) is 10.7. The van der Waals surface area contributed by atoms with E-state index in [0.29, 0.717) is 17.0 Å². The second-order valence-electron chi connectivity index (χ2n) is 8.49. The Balaban J connectivity index is 1.45. The molecule has 0 spiro atoms. The molecule has 4 aliphatic rings. The lowest BCUT2D eigenvalue weighted by Gasteiger charge is -2.27. The van der Waals surface area contributed by atoms with Crippen molar-refractivity contribution in [3.05, 3.63) is 47.0 Å². The molecule has 2 aliphatic carbocycles. The Bertz CT molecular complexity index is 1100. The minimum absolute atomic E-state index is 0.196. The lowest BCUT2D eigenvalue weighted by atomic mass is 9.83. The van der Waals surface area contributed by atoms with Gasteiger partial charge in [-0.25, -0.2) is 5.43 Å². The minimum atomic E-state index is -0.561. The predicted molar refractivity (Wildman–Crippen MR) is 117 cm³/mol. The van der Waals surface area contributed by atoms with Crippen LogP contribution in [0.15, 0.2) is 51.5 Å². The number of amides is 2. The van der Waals surface area contributed by atoms with Crippen LogP contribution in [0.2, 0.25) is 0 Å². The topological polar surface area (TPSA) is 127 Å². The largest absolute Gasteiger partial charge is 0.325 e. The van der Waals surface area contributed by atoms with Gasteiger partial charge in [-0.2, -0.15) is 10.2 Å². The summed E-state index contributed by atoms with van der Waals surface area (Å²) in [6.45, 7) is 0. The van der Waals surface area contributed by atoms with Crippen molar-refractivity contribution in [3.8, 4) is 0 Å². The van der Waals surface area contributed by atoms with Crippen LogP contribution in [-0.4, -0.2) is 39.6 Å². The number of hydrogen-bond donors (Lipinski definition) is 3. The molecule has 1 aromatic rings. The zero-order chi connectivity index (χ0) is 21.5. The third-order valence-corrected chi connectivity index (χ3v) is 6.38. The molecule has 0 saturated heterocycles. The van der Waals surface area contributed by atoms with Gasteiger partial charge in [-0.15, -0.1) is 0 Å². The maximum atomic E-state index is 12.8. The van der Waals surface area contributed by atoms with Crippen LogP contribution >= 0.6 is 0 Å². The van der Waals surface area contributed by atoms with Gasteiger partial charge in [0.05, 0.1) is 35.8 Å². The number of aliphatic imine (C=N–C) groups is 1. The van der Waals surface area contributed by atoms with E-state index in [-0.39, 0.29) is 23.7 Å². The summed E-state index contributed by atoms with van der Waals surface area (Å²) in [5.74, 6) is -0.665. The van der Waals surface area contributed by atoms with Crippen molar-refractivity contribution in [2.45, 2.75) is 38.1 Å². The molecule has 0 radical (unpaired) electrons. The highest BCUT2D eigenvalue weighted by atomic mass is 16.2.